The van der Waals surface area contributed by atoms with Crippen molar-refractivity contribution in [2.24, 2.45) is 4.99 Å². The summed E-state index contributed by atoms with van der Waals surface area (Å²) in [5.41, 5.74) is 3.02. The van der Waals surface area contributed by atoms with Crippen LogP contribution in [0.1, 0.15) is 41.3 Å². The van der Waals surface area contributed by atoms with Crippen LogP contribution in [0.15, 0.2) is 35.6 Å². The van der Waals surface area contributed by atoms with Crippen LogP contribution in [0.5, 0.6) is 0 Å². The van der Waals surface area contributed by atoms with Gasteiger partial charge in [-0.3, -0.25) is 19.1 Å². The number of rotatable bonds is 5. The molecular weight excluding hydrogens is 420 g/mol. The molecule has 1 fully saturated rings. The minimum Gasteiger partial charge on any atom is -0.383 e. The Balaban J connectivity index is 1.72. The van der Waals surface area contributed by atoms with E-state index in [-0.39, 0.29) is 11.8 Å². The smallest absolute Gasteiger partial charge is 0.255 e. The monoisotopic (exact) mass is 452 g/mol. The van der Waals surface area contributed by atoms with Gasteiger partial charge in [-0.25, -0.2) is 4.98 Å². The molecule has 0 radical (unpaired) electrons. The Hall–Kier alpha value is -3.20. The second-order valence-electron chi connectivity index (χ2n) is 8.41. The van der Waals surface area contributed by atoms with Crippen LogP contribution in [0.2, 0.25) is 0 Å². The molecule has 2 aliphatic rings. The summed E-state index contributed by atoms with van der Waals surface area (Å²) in [6.45, 7) is 5.91. The molecule has 0 bridgehead atoms. The SMILES string of the molecule is C/N=c1/cc(N2CCN(CCOC)c3cc(C(=O)N4CCCCC4)cnc32)ccn1C(C)=O. The number of piperidine rings is 1. The van der Waals surface area contributed by atoms with Gasteiger partial charge in [-0.1, -0.05) is 0 Å². The van der Waals surface area contributed by atoms with E-state index in [1.807, 2.05) is 23.1 Å². The van der Waals surface area contributed by atoms with E-state index in [1.54, 1.807) is 26.6 Å². The van der Waals surface area contributed by atoms with Gasteiger partial charge in [0.25, 0.3) is 5.91 Å². The van der Waals surface area contributed by atoms with E-state index < -0.39 is 0 Å². The number of fused-ring (bicyclic) bond motifs is 1. The van der Waals surface area contributed by atoms with Crippen molar-refractivity contribution in [3.05, 3.63) is 41.6 Å². The molecule has 0 unspecified atom stereocenters. The van der Waals surface area contributed by atoms with Gasteiger partial charge < -0.3 is 19.4 Å². The van der Waals surface area contributed by atoms with Gasteiger partial charge in [-0.2, -0.15) is 0 Å². The summed E-state index contributed by atoms with van der Waals surface area (Å²) in [6, 6.07) is 5.76. The Labute approximate surface area is 194 Å². The highest BCUT2D eigenvalue weighted by Crippen LogP contribution is 2.36. The zero-order valence-electron chi connectivity index (χ0n) is 19.7. The van der Waals surface area contributed by atoms with Crippen LogP contribution in [-0.2, 0) is 4.74 Å². The van der Waals surface area contributed by atoms with E-state index in [9.17, 15) is 9.59 Å². The molecule has 0 aromatic carbocycles. The Morgan fingerprint density at radius 1 is 1.12 bits per heavy atom. The van der Waals surface area contributed by atoms with Crippen molar-refractivity contribution < 1.29 is 14.3 Å². The van der Waals surface area contributed by atoms with E-state index in [1.165, 1.54) is 17.9 Å². The van der Waals surface area contributed by atoms with Crippen molar-refractivity contribution in [3.63, 3.8) is 0 Å². The summed E-state index contributed by atoms with van der Waals surface area (Å²) in [6.07, 6.45) is 6.71. The molecule has 1 saturated heterocycles. The third kappa shape index (κ3) is 4.78. The van der Waals surface area contributed by atoms with Gasteiger partial charge in [0.15, 0.2) is 5.82 Å². The summed E-state index contributed by atoms with van der Waals surface area (Å²) >= 11 is 0. The van der Waals surface area contributed by atoms with Gasteiger partial charge in [0, 0.05) is 78.0 Å². The van der Waals surface area contributed by atoms with Crippen molar-refractivity contribution in [3.8, 4) is 0 Å². The maximum absolute atomic E-state index is 13.1. The van der Waals surface area contributed by atoms with Gasteiger partial charge in [0.1, 0.15) is 5.49 Å². The van der Waals surface area contributed by atoms with Crippen molar-refractivity contribution >= 4 is 29.0 Å². The molecule has 1 amide bonds. The van der Waals surface area contributed by atoms with E-state index >= 15 is 0 Å². The van der Waals surface area contributed by atoms with Crippen molar-refractivity contribution in [2.45, 2.75) is 26.2 Å². The van der Waals surface area contributed by atoms with Gasteiger partial charge in [-0.15, -0.1) is 0 Å². The number of pyridine rings is 2. The fraction of sp³-hybridized carbons (Fsp3) is 0.500. The molecule has 2 aromatic rings. The fourth-order valence-corrected chi connectivity index (χ4v) is 4.50. The Morgan fingerprint density at radius 2 is 1.91 bits per heavy atom. The normalized spacial score (nSPS) is 16.7. The van der Waals surface area contributed by atoms with E-state index in [2.05, 4.69) is 14.8 Å². The number of likely N-dealkylation sites (tertiary alicyclic amines) is 1. The molecule has 176 valence electrons. The average molecular weight is 453 g/mol. The molecule has 33 heavy (non-hydrogen) atoms. The van der Waals surface area contributed by atoms with Crippen LogP contribution >= 0.6 is 0 Å². The van der Waals surface area contributed by atoms with Crippen LogP contribution in [0.25, 0.3) is 0 Å². The molecule has 2 aliphatic heterocycles. The van der Waals surface area contributed by atoms with Crippen LogP contribution in [-0.4, -0.2) is 79.8 Å². The number of hydrogen-bond acceptors (Lipinski definition) is 7. The minimum absolute atomic E-state index is 0.0445. The lowest BCUT2D eigenvalue weighted by atomic mass is 10.1. The molecule has 0 spiro atoms. The number of ether oxygens (including phenoxy) is 1. The first-order chi connectivity index (χ1) is 16.0. The molecule has 0 N–H and O–H groups in total. The topological polar surface area (TPSA) is 83.3 Å². The van der Waals surface area contributed by atoms with Crippen molar-refractivity contribution in [1.29, 1.82) is 0 Å². The number of carbonyl (C=O) groups is 2. The minimum atomic E-state index is -0.0917. The third-order valence-corrected chi connectivity index (χ3v) is 6.29. The maximum Gasteiger partial charge on any atom is 0.255 e. The van der Waals surface area contributed by atoms with Crippen LogP contribution in [0, 0.1) is 0 Å². The molecule has 0 atom stereocenters. The molecular formula is C24H32N6O3. The second kappa shape index (κ2) is 10.2. The summed E-state index contributed by atoms with van der Waals surface area (Å²) in [5.74, 6) is 0.740. The summed E-state index contributed by atoms with van der Waals surface area (Å²) in [5, 5.41) is 0. The lowest BCUT2D eigenvalue weighted by molar-refractivity contribution is 0.0723. The molecule has 9 heteroatoms. The summed E-state index contributed by atoms with van der Waals surface area (Å²) < 4.78 is 6.83. The Morgan fingerprint density at radius 3 is 2.61 bits per heavy atom. The lowest BCUT2D eigenvalue weighted by Crippen LogP contribution is -2.42. The van der Waals surface area contributed by atoms with E-state index in [0.29, 0.717) is 17.7 Å². The Kier molecular flexibility index (Phi) is 7.08. The largest absolute Gasteiger partial charge is 0.383 e. The van der Waals surface area contributed by atoms with E-state index in [0.717, 1.165) is 62.8 Å². The standard InChI is InChI=1S/C24H32N6O3/c1-18(31)29-10-7-20(16-22(29)25-2)30-12-11-27(13-14-33-3)21-15-19(17-26-23(21)30)24(32)28-8-5-4-6-9-28/h7,10,15-17H,4-6,8-9,11-14H2,1-3H3/b25-22-. The molecule has 2 aromatic heterocycles. The van der Waals surface area contributed by atoms with Crippen LogP contribution in [0.4, 0.5) is 17.2 Å². The highest BCUT2D eigenvalue weighted by molar-refractivity contribution is 5.96. The lowest BCUT2D eigenvalue weighted by Gasteiger charge is -2.38. The quantitative estimate of drug-likeness (QED) is 0.692. The first kappa shape index (κ1) is 23.0. The first-order valence-corrected chi connectivity index (χ1v) is 11.5. The number of amides is 1. The number of nitrogens with zero attached hydrogens (tertiary/aromatic N) is 6. The molecule has 4 rings (SSSR count). The number of methoxy groups -OCH3 is 1. The third-order valence-electron chi connectivity index (χ3n) is 6.29. The average Bonchev–Trinajstić information content (AvgIpc) is 2.86. The zero-order valence-corrected chi connectivity index (χ0v) is 19.7. The molecule has 9 nitrogen and oxygen atoms in total. The molecule has 0 saturated carbocycles. The fourth-order valence-electron chi connectivity index (χ4n) is 4.50. The van der Waals surface area contributed by atoms with E-state index in [4.69, 9.17) is 9.72 Å². The number of carbonyl (C=O) groups excluding carboxylic acids is 2. The van der Waals surface area contributed by atoms with Gasteiger partial charge in [0.05, 0.1) is 17.9 Å². The number of anilines is 3. The molecule has 4 heterocycles. The van der Waals surface area contributed by atoms with Crippen LogP contribution < -0.4 is 15.3 Å². The highest BCUT2D eigenvalue weighted by atomic mass is 16.5. The van der Waals surface area contributed by atoms with Gasteiger partial charge in [0.2, 0.25) is 5.91 Å². The van der Waals surface area contributed by atoms with Gasteiger partial charge >= 0.3 is 0 Å². The van der Waals surface area contributed by atoms with Gasteiger partial charge in [-0.05, 0) is 31.4 Å². The number of hydrogen-bond donors (Lipinski definition) is 0. The second-order valence-corrected chi connectivity index (χ2v) is 8.41. The molecule has 0 aliphatic carbocycles. The Bertz CT molecular complexity index is 1090. The predicted octanol–water partition coefficient (Wildman–Crippen LogP) is 2.30. The summed E-state index contributed by atoms with van der Waals surface area (Å²) in [7, 11) is 3.36. The maximum atomic E-state index is 13.1. The van der Waals surface area contributed by atoms with Crippen LogP contribution in [0.3, 0.4) is 0 Å². The first-order valence-electron chi connectivity index (χ1n) is 11.5. The van der Waals surface area contributed by atoms with Crippen molar-refractivity contribution in [2.75, 3.05) is 63.3 Å². The van der Waals surface area contributed by atoms with Crippen molar-refractivity contribution in [1.82, 2.24) is 14.5 Å². The highest BCUT2D eigenvalue weighted by Gasteiger charge is 2.28. The zero-order chi connectivity index (χ0) is 23.4. The summed E-state index contributed by atoms with van der Waals surface area (Å²) in [4.78, 5) is 40.3. The number of aromatic nitrogens is 2. The predicted molar refractivity (Wildman–Crippen MR) is 127 cm³/mol.